The molecule has 0 radical (unpaired) electrons. The molecule has 4 amide bonds. The van der Waals surface area contributed by atoms with E-state index in [9.17, 15) is 23.7 Å². The highest BCUT2D eigenvalue weighted by molar-refractivity contribution is 7.59. The monoisotopic (exact) mass is 445 g/mol. The quantitative estimate of drug-likeness (QED) is 0.350. The smallest absolute Gasteiger partial charge is 0.242 e. The summed E-state index contributed by atoms with van der Waals surface area (Å²) in [4.78, 5) is 50.1. The molecule has 0 aromatic carbocycles. The van der Waals surface area contributed by atoms with Crippen LogP contribution in [-0.2, 0) is 28.3 Å². The van der Waals surface area contributed by atoms with Crippen molar-refractivity contribution in [3.05, 3.63) is 0 Å². The molecule has 1 unspecified atom stereocenters. The van der Waals surface area contributed by atoms with Crippen molar-refractivity contribution < 1.29 is 28.3 Å². The molecule has 0 saturated carbocycles. The average molecular weight is 445 g/mol. The number of imide groups is 1. The van der Waals surface area contributed by atoms with Gasteiger partial charge in [-0.2, -0.15) is 0 Å². The molecule has 3 atom stereocenters. The summed E-state index contributed by atoms with van der Waals surface area (Å²) in [6.45, 7) is 7.79. The minimum absolute atomic E-state index is 0.0987. The molecule has 2 N–H and O–H groups in total. The number of likely N-dealkylation sites (N-methyl/N-ethyl adjacent to an activating group) is 1. The Bertz CT molecular complexity index is 678. The minimum Gasteiger partial charge on any atom is -0.357 e. The van der Waals surface area contributed by atoms with E-state index in [1.807, 2.05) is 27.7 Å². The van der Waals surface area contributed by atoms with Crippen LogP contribution in [0.1, 0.15) is 53.4 Å². The Morgan fingerprint density at radius 2 is 1.57 bits per heavy atom. The van der Waals surface area contributed by atoms with Crippen molar-refractivity contribution in [2.45, 2.75) is 59.4 Å². The Labute approximate surface area is 179 Å². The van der Waals surface area contributed by atoms with Gasteiger partial charge >= 0.3 is 0 Å². The lowest BCUT2D eigenvalue weighted by Gasteiger charge is -2.28. The summed E-state index contributed by atoms with van der Waals surface area (Å²) in [6.07, 6.45) is 0.672. The van der Waals surface area contributed by atoms with Crippen molar-refractivity contribution in [1.82, 2.24) is 15.5 Å². The SMILES string of the molecule is CNC(=O)[C@H](CC(C)C)NC(=O)[C@H](CC(C)C)CP(=O)(CN1C(=O)CCC1=O)OC. The Hall–Kier alpha value is -1.73. The van der Waals surface area contributed by atoms with Gasteiger partial charge in [0.1, 0.15) is 12.3 Å². The van der Waals surface area contributed by atoms with Gasteiger partial charge in [-0.15, -0.1) is 0 Å². The van der Waals surface area contributed by atoms with Crippen molar-refractivity contribution in [3.63, 3.8) is 0 Å². The first kappa shape index (κ1) is 26.3. The van der Waals surface area contributed by atoms with E-state index in [2.05, 4.69) is 10.6 Å². The zero-order valence-corrected chi connectivity index (χ0v) is 19.8. The fourth-order valence-electron chi connectivity index (χ4n) is 3.52. The van der Waals surface area contributed by atoms with Gasteiger partial charge in [-0.05, 0) is 24.7 Å². The molecule has 1 heterocycles. The molecule has 9 nitrogen and oxygen atoms in total. The van der Waals surface area contributed by atoms with Crippen LogP contribution < -0.4 is 10.6 Å². The number of carbonyl (C=O) groups is 4. The molecule has 0 aliphatic carbocycles. The van der Waals surface area contributed by atoms with Crippen LogP contribution in [0, 0.1) is 17.8 Å². The molecule has 1 aliphatic heterocycles. The lowest BCUT2D eigenvalue weighted by molar-refractivity contribution is -0.137. The van der Waals surface area contributed by atoms with Crippen LogP contribution in [0.15, 0.2) is 0 Å². The molecule has 0 aromatic heterocycles. The molecule has 10 heteroatoms. The van der Waals surface area contributed by atoms with Gasteiger partial charge in [-0.1, -0.05) is 27.7 Å². The number of hydrogen-bond acceptors (Lipinski definition) is 6. The summed E-state index contributed by atoms with van der Waals surface area (Å²) in [6, 6.07) is -0.694. The van der Waals surface area contributed by atoms with Crippen LogP contribution in [0.3, 0.4) is 0 Å². The predicted octanol–water partition coefficient (Wildman–Crippen LogP) is 1.96. The Kier molecular flexibility index (Phi) is 10.2. The van der Waals surface area contributed by atoms with E-state index in [0.29, 0.717) is 12.8 Å². The first-order chi connectivity index (χ1) is 13.9. The van der Waals surface area contributed by atoms with E-state index < -0.39 is 19.3 Å². The summed E-state index contributed by atoms with van der Waals surface area (Å²) in [5, 5.41) is 5.35. The maximum atomic E-state index is 13.4. The standard InChI is InChI=1S/C20H36N3O6P/c1-13(2)9-15(19(26)22-16(10-14(3)4)20(27)21-5)11-30(28,29-6)12-23-17(24)7-8-18(23)25/h13-16H,7-12H2,1-6H3,(H,21,27)(H,22,26)/t15-,16+,30?/m1/s1. The van der Waals surface area contributed by atoms with E-state index >= 15 is 0 Å². The van der Waals surface area contributed by atoms with Gasteiger partial charge in [0.25, 0.3) is 0 Å². The van der Waals surface area contributed by atoms with Gasteiger partial charge in [0.05, 0.1) is 0 Å². The normalized spacial score (nSPS) is 18.5. The number of nitrogens with zero attached hydrogens (tertiary/aromatic N) is 1. The second-order valence-electron chi connectivity index (χ2n) is 8.67. The zero-order valence-electron chi connectivity index (χ0n) is 18.9. The van der Waals surface area contributed by atoms with Crippen molar-refractivity contribution in [3.8, 4) is 0 Å². The Morgan fingerprint density at radius 1 is 1.03 bits per heavy atom. The van der Waals surface area contributed by atoms with E-state index in [0.717, 1.165) is 4.90 Å². The second-order valence-corrected chi connectivity index (χ2v) is 11.3. The van der Waals surface area contributed by atoms with E-state index in [-0.39, 0.29) is 60.8 Å². The van der Waals surface area contributed by atoms with Crippen molar-refractivity contribution in [2.24, 2.45) is 17.8 Å². The van der Waals surface area contributed by atoms with Gasteiger partial charge in [0.15, 0.2) is 0 Å². The number of hydrogen-bond donors (Lipinski definition) is 2. The highest BCUT2D eigenvalue weighted by atomic mass is 31.2. The third kappa shape index (κ3) is 7.84. The molecule has 1 fully saturated rings. The van der Waals surface area contributed by atoms with Crippen molar-refractivity contribution >= 4 is 31.0 Å². The molecule has 172 valence electrons. The van der Waals surface area contributed by atoms with Gasteiger partial charge in [0, 0.05) is 39.1 Å². The summed E-state index contributed by atoms with van der Waals surface area (Å²) in [5.41, 5.74) is 0. The third-order valence-corrected chi connectivity index (χ3v) is 7.43. The van der Waals surface area contributed by atoms with E-state index in [1.165, 1.54) is 14.2 Å². The minimum atomic E-state index is -3.47. The number of amides is 4. The molecular formula is C20H36N3O6P. The summed E-state index contributed by atoms with van der Waals surface area (Å²) in [7, 11) is -0.692. The van der Waals surface area contributed by atoms with Crippen LogP contribution in [-0.4, -0.2) is 61.2 Å². The third-order valence-electron chi connectivity index (χ3n) is 5.06. The zero-order chi connectivity index (χ0) is 23.1. The Morgan fingerprint density at radius 3 is 2.00 bits per heavy atom. The van der Waals surface area contributed by atoms with Crippen LogP contribution >= 0.6 is 7.37 Å². The summed E-state index contributed by atoms with van der Waals surface area (Å²) in [5.74, 6) is -1.78. The van der Waals surface area contributed by atoms with E-state index in [1.54, 1.807) is 0 Å². The highest BCUT2D eigenvalue weighted by Crippen LogP contribution is 2.49. The van der Waals surface area contributed by atoms with Crippen LogP contribution in [0.2, 0.25) is 0 Å². The maximum absolute atomic E-state index is 13.4. The summed E-state index contributed by atoms with van der Waals surface area (Å²) >= 11 is 0. The second kappa shape index (κ2) is 11.6. The van der Waals surface area contributed by atoms with Gasteiger partial charge in [-0.3, -0.25) is 28.6 Å². The molecule has 1 saturated heterocycles. The molecule has 0 aromatic rings. The first-order valence-electron chi connectivity index (χ1n) is 10.4. The lowest BCUT2D eigenvalue weighted by atomic mass is 9.96. The highest BCUT2D eigenvalue weighted by Gasteiger charge is 2.39. The maximum Gasteiger partial charge on any atom is 0.242 e. The number of nitrogens with one attached hydrogen (secondary N) is 2. The predicted molar refractivity (Wildman–Crippen MR) is 114 cm³/mol. The van der Waals surface area contributed by atoms with Crippen molar-refractivity contribution in [1.29, 1.82) is 0 Å². The van der Waals surface area contributed by atoms with Crippen molar-refractivity contribution in [2.75, 3.05) is 26.6 Å². The molecule has 0 bridgehead atoms. The van der Waals surface area contributed by atoms with Gasteiger partial charge < -0.3 is 15.2 Å². The molecule has 1 rings (SSSR count). The van der Waals surface area contributed by atoms with Crippen LogP contribution in [0.4, 0.5) is 0 Å². The van der Waals surface area contributed by atoms with Crippen LogP contribution in [0.5, 0.6) is 0 Å². The molecule has 0 spiro atoms. The molecular weight excluding hydrogens is 409 g/mol. The number of likely N-dealkylation sites (tertiary alicyclic amines) is 1. The van der Waals surface area contributed by atoms with Crippen LogP contribution in [0.25, 0.3) is 0 Å². The van der Waals surface area contributed by atoms with Gasteiger partial charge in [-0.25, -0.2) is 0 Å². The first-order valence-corrected chi connectivity index (χ1v) is 12.4. The summed E-state index contributed by atoms with van der Waals surface area (Å²) < 4.78 is 18.6. The molecule has 1 aliphatic rings. The lowest BCUT2D eigenvalue weighted by Crippen LogP contribution is -2.49. The average Bonchev–Trinajstić information content (AvgIpc) is 2.97. The van der Waals surface area contributed by atoms with Gasteiger partial charge in [0.2, 0.25) is 31.0 Å². The Balaban J connectivity index is 3.01. The largest absolute Gasteiger partial charge is 0.357 e. The number of carbonyl (C=O) groups excluding carboxylic acids is 4. The fourth-order valence-corrected chi connectivity index (χ4v) is 5.63. The topological polar surface area (TPSA) is 122 Å². The molecule has 30 heavy (non-hydrogen) atoms. The number of rotatable bonds is 12. The fraction of sp³-hybridized carbons (Fsp3) is 0.800. The van der Waals surface area contributed by atoms with E-state index in [4.69, 9.17) is 4.52 Å².